The van der Waals surface area contributed by atoms with Crippen molar-refractivity contribution in [3.63, 3.8) is 0 Å². The van der Waals surface area contributed by atoms with Crippen molar-refractivity contribution in [3.8, 4) is 0 Å². The third-order valence-corrected chi connectivity index (χ3v) is 3.41. The number of halogens is 1. The highest BCUT2D eigenvalue weighted by molar-refractivity contribution is 7.86. The predicted octanol–water partition coefficient (Wildman–Crippen LogP) is 2.08. The van der Waals surface area contributed by atoms with E-state index in [1.54, 1.807) is 7.11 Å². The molecule has 0 amide bonds. The molecule has 90 valence electrons. The van der Waals surface area contributed by atoms with Gasteiger partial charge in [-0.25, -0.2) is 0 Å². The first kappa shape index (κ1) is 13.4. The molecule has 0 saturated heterocycles. The highest BCUT2D eigenvalue weighted by Gasteiger charge is 2.14. The molecule has 0 heterocycles. The first-order chi connectivity index (χ1) is 7.56. The molecule has 6 heteroatoms. The topological polar surface area (TPSA) is 52.6 Å². The van der Waals surface area contributed by atoms with Crippen LogP contribution in [-0.4, -0.2) is 28.7 Å². The lowest BCUT2D eigenvalue weighted by atomic mass is 10.4. The van der Waals surface area contributed by atoms with Crippen LogP contribution in [0.15, 0.2) is 29.2 Å². The summed E-state index contributed by atoms with van der Waals surface area (Å²) in [4.78, 5) is 0.106. The number of benzene rings is 1. The third kappa shape index (κ3) is 4.09. The minimum atomic E-state index is -3.67. The Morgan fingerprint density at radius 1 is 1.19 bits per heavy atom. The molecule has 0 radical (unpaired) electrons. The first-order valence-corrected chi connectivity index (χ1v) is 6.49. The van der Waals surface area contributed by atoms with Crippen molar-refractivity contribution in [2.24, 2.45) is 0 Å². The van der Waals surface area contributed by atoms with Crippen molar-refractivity contribution in [2.45, 2.75) is 11.3 Å². The Hall–Kier alpha value is -0.620. The van der Waals surface area contributed by atoms with E-state index in [2.05, 4.69) is 0 Å². The van der Waals surface area contributed by atoms with E-state index in [0.29, 0.717) is 18.1 Å². The van der Waals surface area contributed by atoms with Gasteiger partial charge in [0.25, 0.3) is 10.1 Å². The van der Waals surface area contributed by atoms with Crippen LogP contribution in [0, 0.1) is 0 Å². The molecule has 1 aromatic rings. The van der Waals surface area contributed by atoms with Gasteiger partial charge in [-0.15, -0.1) is 0 Å². The summed E-state index contributed by atoms with van der Waals surface area (Å²) in [6, 6.07) is 5.84. The number of methoxy groups -OCH3 is 1. The molecular weight excluding hydrogens is 252 g/mol. The molecule has 0 fully saturated rings. The van der Waals surface area contributed by atoms with Crippen LogP contribution < -0.4 is 0 Å². The van der Waals surface area contributed by atoms with Gasteiger partial charge in [0.05, 0.1) is 11.5 Å². The average molecular weight is 265 g/mol. The van der Waals surface area contributed by atoms with Crippen LogP contribution in [-0.2, 0) is 19.0 Å². The van der Waals surface area contributed by atoms with Gasteiger partial charge in [0.15, 0.2) is 0 Å². The van der Waals surface area contributed by atoms with Gasteiger partial charge in [-0.2, -0.15) is 8.42 Å². The van der Waals surface area contributed by atoms with E-state index in [0.717, 1.165) is 0 Å². The Labute approximate surface area is 100 Å². The summed E-state index contributed by atoms with van der Waals surface area (Å²) in [5.41, 5.74) is 0. The van der Waals surface area contributed by atoms with Crippen molar-refractivity contribution in [1.29, 1.82) is 0 Å². The molecule has 1 aromatic carbocycles. The van der Waals surface area contributed by atoms with Gasteiger partial charge in [0.1, 0.15) is 0 Å². The summed E-state index contributed by atoms with van der Waals surface area (Å²) in [6.07, 6.45) is 0.531. The van der Waals surface area contributed by atoms with Gasteiger partial charge in [0, 0.05) is 18.7 Å². The van der Waals surface area contributed by atoms with Crippen LogP contribution >= 0.6 is 11.6 Å². The Morgan fingerprint density at radius 2 is 1.81 bits per heavy atom. The smallest absolute Gasteiger partial charge is 0.296 e. The zero-order valence-electron chi connectivity index (χ0n) is 8.85. The molecule has 0 aliphatic heterocycles. The minimum absolute atomic E-state index is 0.106. The molecule has 0 N–H and O–H groups in total. The number of rotatable bonds is 6. The second kappa shape index (κ2) is 6.20. The van der Waals surface area contributed by atoms with E-state index in [9.17, 15) is 8.42 Å². The van der Waals surface area contributed by atoms with Crippen molar-refractivity contribution in [1.82, 2.24) is 0 Å². The second-order valence-electron chi connectivity index (χ2n) is 3.08. The maximum atomic E-state index is 11.6. The van der Waals surface area contributed by atoms with Crippen LogP contribution in [0.2, 0.25) is 5.02 Å². The van der Waals surface area contributed by atoms with E-state index >= 15 is 0 Å². The number of hydrogen-bond acceptors (Lipinski definition) is 4. The van der Waals surface area contributed by atoms with E-state index in [1.165, 1.54) is 24.3 Å². The van der Waals surface area contributed by atoms with E-state index < -0.39 is 10.1 Å². The molecule has 0 saturated carbocycles. The lowest BCUT2D eigenvalue weighted by molar-refractivity contribution is 0.174. The molecule has 0 aliphatic rings. The molecule has 4 nitrogen and oxygen atoms in total. The van der Waals surface area contributed by atoms with E-state index in [1.807, 2.05) is 0 Å². The van der Waals surface area contributed by atoms with Crippen LogP contribution in [0.5, 0.6) is 0 Å². The van der Waals surface area contributed by atoms with E-state index in [-0.39, 0.29) is 11.5 Å². The largest absolute Gasteiger partial charge is 0.385 e. The summed E-state index contributed by atoms with van der Waals surface area (Å²) in [5.74, 6) is 0. The van der Waals surface area contributed by atoms with Crippen molar-refractivity contribution in [3.05, 3.63) is 29.3 Å². The van der Waals surface area contributed by atoms with Crippen LogP contribution in [0.3, 0.4) is 0 Å². The lowest BCUT2D eigenvalue weighted by Crippen LogP contribution is -2.08. The summed E-state index contributed by atoms with van der Waals surface area (Å²) >= 11 is 5.66. The van der Waals surface area contributed by atoms with Crippen molar-refractivity contribution >= 4 is 21.7 Å². The van der Waals surface area contributed by atoms with Crippen molar-refractivity contribution in [2.75, 3.05) is 20.3 Å². The van der Waals surface area contributed by atoms with Crippen molar-refractivity contribution < 1.29 is 17.3 Å². The van der Waals surface area contributed by atoms with Gasteiger partial charge in [-0.3, -0.25) is 4.18 Å². The second-order valence-corrected chi connectivity index (χ2v) is 5.13. The average Bonchev–Trinajstić information content (AvgIpc) is 2.25. The Bertz CT molecular complexity index is 413. The fraction of sp³-hybridized carbons (Fsp3) is 0.400. The summed E-state index contributed by atoms with van der Waals surface area (Å²) < 4.78 is 32.8. The summed E-state index contributed by atoms with van der Waals surface area (Å²) in [6.45, 7) is 0.578. The Morgan fingerprint density at radius 3 is 2.38 bits per heavy atom. The molecule has 0 atom stereocenters. The predicted molar refractivity (Wildman–Crippen MR) is 61.1 cm³/mol. The quantitative estimate of drug-likeness (QED) is 0.583. The molecule has 0 spiro atoms. The van der Waals surface area contributed by atoms with Gasteiger partial charge < -0.3 is 4.74 Å². The fourth-order valence-electron chi connectivity index (χ4n) is 1.04. The van der Waals surface area contributed by atoms with E-state index in [4.69, 9.17) is 20.5 Å². The maximum absolute atomic E-state index is 11.6. The Kier molecular flexibility index (Phi) is 5.21. The molecule has 0 unspecified atom stereocenters. The van der Waals surface area contributed by atoms with Gasteiger partial charge in [0.2, 0.25) is 0 Å². The summed E-state index contributed by atoms with van der Waals surface area (Å²) in [7, 11) is -2.12. The standard InChI is InChI=1S/C10H13ClO4S/c1-14-7-2-8-15-16(12,13)10-5-3-9(11)4-6-10/h3-6H,2,7-8H2,1H3. The highest BCUT2D eigenvalue weighted by Crippen LogP contribution is 2.16. The third-order valence-electron chi connectivity index (χ3n) is 1.83. The monoisotopic (exact) mass is 264 g/mol. The molecule has 0 aliphatic carbocycles. The molecule has 0 bridgehead atoms. The molecule has 0 aromatic heterocycles. The lowest BCUT2D eigenvalue weighted by Gasteiger charge is -2.05. The molecule has 1 rings (SSSR count). The number of ether oxygens (including phenoxy) is 1. The number of hydrogen-bond donors (Lipinski definition) is 0. The highest BCUT2D eigenvalue weighted by atomic mass is 35.5. The van der Waals surface area contributed by atoms with Gasteiger partial charge in [-0.05, 0) is 30.7 Å². The maximum Gasteiger partial charge on any atom is 0.296 e. The normalized spacial score (nSPS) is 11.6. The van der Waals surface area contributed by atoms with Crippen LogP contribution in [0.1, 0.15) is 6.42 Å². The van der Waals surface area contributed by atoms with Crippen LogP contribution in [0.25, 0.3) is 0 Å². The molecular formula is C10H13ClO4S. The molecule has 16 heavy (non-hydrogen) atoms. The van der Waals surface area contributed by atoms with Crippen LogP contribution in [0.4, 0.5) is 0 Å². The first-order valence-electron chi connectivity index (χ1n) is 4.70. The van der Waals surface area contributed by atoms with Gasteiger partial charge in [-0.1, -0.05) is 11.6 Å². The zero-order chi connectivity index (χ0) is 12.0. The van der Waals surface area contributed by atoms with Gasteiger partial charge >= 0.3 is 0 Å². The fourth-order valence-corrected chi connectivity index (χ4v) is 2.11. The summed E-state index contributed by atoms with van der Waals surface area (Å²) in [5, 5.41) is 0.485. The zero-order valence-corrected chi connectivity index (χ0v) is 10.4. The SMILES string of the molecule is COCCCOS(=O)(=O)c1ccc(Cl)cc1. The minimum Gasteiger partial charge on any atom is -0.385 e. The Balaban J connectivity index is 2.60.